The molecule has 5 nitrogen and oxygen atoms in total. The topological polar surface area (TPSA) is 73.6 Å². The van der Waals surface area contributed by atoms with Crippen molar-refractivity contribution in [3.63, 3.8) is 0 Å². The van der Waals surface area contributed by atoms with Gasteiger partial charge in [-0.05, 0) is 12.8 Å². The smallest absolute Gasteiger partial charge is 0.233 e. The Morgan fingerprint density at radius 1 is 1.67 bits per heavy atom. The van der Waals surface area contributed by atoms with E-state index in [0.717, 1.165) is 16.8 Å². The van der Waals surface area contributed by atoms with Crippen molar-refractivity contribution in [2.24, 2.45) is 4.99 Å². The molecule has 0 bridgehead atoms. The third kappa shape index (κ3) is 2.83. The molecule has 0 aliphatic rings. The number of hydrogen-bond donors (Lipinski definition) is 1. The van der Waals surface area contributed by atoms with E-state index in [1.54, 1.807) is 0 Å². The predicted octanol–water partition coefficient (Wildman–Crippen LogP) is 0.0694. The Bertz CT molecular complexity index is 305. The van der Waals surface area contributed by atoms with Crippen molar-refractivity contribution in [3.05, 3.63) is 11.9 Å². The van der Waals surface area contributed by atoms with Gasteiger partial charge in [-0.25, -0.2) is 13.4 Å². The van der Waals surface area contributed by atoms with Gasteiger partial charge in [0, 0.05) is 13.3 Å². The van der Waals surface area contributed by atoms with Gasteiger partial charge in [-0.2, -0.15) is 0 Å². The van der Waals surface area contributed by atoms with Crippen molar-refractivity contribution < 1.29 is 8.42 Å². The van der Waals surface area contributed by atoms with Gasteiger partial charge in [0.1, 0.15) is 5.82 Å². The highest BCUT2D eigenvalue weighted by Gasteiger charge is 2.12. The van der Waals surface area contributed by atoms with Crippen LogP contribution in [0.5, 0.6) is 0 Å². The lowest BCUT2D eigenvalue weighted by atomic mass is 10.6. The van der Waals surface area contributed by atoms with Gasteiger partial charge < -0.3 is 5.41 Å². The quantitative estimate of drug-likeness (QED) is 0.635. The molecule has 0 aliphatic heterocycles. The highest BCUT2D eigenvalue weighted by atomic mass is 32.2. The zero-order valence-electron chi connectivity index (χ0n) is 6.98. The molecule has 0 aliphatic carbocycles. The average Bonchev–Trinajstić information content (AvgIpc) is 1.97. The molecule has 0 fully saturated rings. The van der Waals surface area contributed by atoms with Crippen LogP contribution in [0, 0.1) is 5.41 Å². The molecule has 0 unspecified atom stereocenters. The lowest BCUT2D eigenvalue weighted by Crippen LogP contribution is -2.24. The van der Waals surface area contributed by atoms with Crippen molar-refractivity contribution in [2.45, 2.75) is 0 Å². The van der Waals surface area contributed by atoms with Crippen molar-refractivity contribution in [2.75, 3.05) is 13.3 Å². The molecule has 0 spiro atoms. The number of nitrogens with zero attached hydrogens (tertiary/aromatic N) is 2. The van der Waals surface area contributed by atoms with E-state index in [9.17, 15) is 8.42 Å². The summed E-state index contributed by atoms with van der Waals surface area (Å²) in [6, 6.07) is 0. The summed E-state index contributed by atoms with van der Waals surface area (Å²) in [5.41, 5.74) is 0. The lowest BCUT2D eigenvalue weighted by Gasteiger charge is -2.15. The molecule has 0 aromatic rings. The van der Waals surface area contributed by atoms with Crippen LogP contribution in [0.15, 0.2) is 16.9 Å². The summed E-state index contributed by atoms with van der Waals surface area (Å²) in [5.74, 6) is 0.132. The lowest BCUT2D eigenvalue weighted by molar-refractivity contribution is 0.529. The Hall–Kier alpha value is -1.17. The minimum Gasteiger partial charge on any atom is -0.309 e. The van der Waals surface area contributed by atoms with Crippen LogP contribution in [0.25, 0.3) is 0 Å². The Kier molecular flexibility index (Phi) is 3.62. The molecule has 68 valence electrons. The predicted molar refractivity (Wildman–Crippen MR) is 49.0 cm³/mol. The van der Waals surface area contributed by atoms with Crippen LogP contribution in [0.3, 0.4) is 0 Å². The van der Waals surface area contributed by atoms with E-state index < -0.39 is 10.0 Å². The summed E-state index contributed by atoms with van der Waals surface area (Å²) in [6.07, 6.45) is 3.25. The second kappa shape index (κ2) is 4.01. The third-order valence-corrected chi connectivity index (χ3v) is 2.40. The van der Waals surface area contributed by atoms with Crippen molar-refractivity contribution in [3.8, 4) is 0 Å². The zero-order chi connectivity index (χ0) is 9.78. The molecule has 0 rings (SSSR count). The molecule has 0 atom stereocenters. The second-order valence-electron chi connectivity index (χ2n) is 2.08. The first-order chi connectivity index (χ1) is 5.43. The van der Waals surface area contributed by atoms with Crippen LogP contribution in [0.4, 0.5) is 0 Å². The van der Waals surface area contributed by atoms with Crippen LogP contribution in [-0.2, 0) is 10.0 Å². The van der Waals surface area contributed by atoms with Gasteiger partial charge in [0.05, 0.1) is 6.26 Å². The van der Waals surface area contributed by atoms with Crippen molar-refractivity contribution >= 4 is 23.0 Å². The molecule has 6 heteroatoms. The van der Waals surface area contributed by atoms with E-state index >= 15 is 0 Å². The number of nitrogens with one attached hydrogen (secondary N) is 1. The molecular weight excluding hydrogens is 178 g/mol. The van der Waals surface area contributed by atoms with E-state index in [1.807, 2.05) is 0 Å². The standard InChI is InChI=1S/C6H11N3O2S/c1-8-6(4-5-7)9(2)12(3,10)11/h4-5,7H,1H2,2-3H3/b6-4+,7-5?. The first kappa shape index (κ1) is 10.8. The molecule has 0 aromatic heterocycles. The molecular formula is C6H11N3O2S. The maximum absolute atomic E-state index is 10.9. The van der Waals surface area contributed by atoms with Crippen LogP contribution in [0.2, 0.25) is 0 Å². The van der Waals surface area contributed by atoms with E-state index in [2.05, 4.69) is 11.7 Å². The fourth-order valence-electron chi connectivity index (χ4n) is 0.502. The summed E-state index contributed by atoms with van der Waals surface area (Å²) in [5, 5.41) is 6.72. The number of rotatable bonds is 4. The van der Waals surface area contributed by atoms with Gasteiger partial charge in [-0.3, -0.25) is 4.31 Å². The highest BCUT2D eigenvalue weighted by molar-refractivity contribution is 7.88. The zero-order valence-corrected chi connectivity index (χ0v) is 7.80. The molecule has 0 amide bonds. The molecule has 0 saturated heterocycles. The van der Waals surface area contributed by atoms with E-state index in [1.165, 1.54) is 13.1 Å². The Morgan fingerprint density at radius 3 is 2.42 bits per heavy atom. The van der Waals surface area contributed by atoms with Gasteiger partial charge in [0.25, 0.3) is 0 Å². The monoisotopic (exact) mass is 189 g/mol. The van der Waals surface area contributed by atoms with Crippen LogP contribution < -0.4 is 0 Å². The van der Waals surface area contributed by atoms with E-state index in [4.69, 9.17) is 5.41 Å². The summed E-state index contributed by atoms with van der Waals surface area (Å²) < 4.78 is 22.8. The fourth-order valence-corrected chi connectivity index (χ4v) is 0.960. The molecule has 0 aromatic carbocycles. The molecule has 0 radical (unpaired) electrons. The second-order valence-corrected chi connectivity index (χ2v) is 4.09. The molecule has 0 saturated carbocycles. The number of hydrogen-bond acceptors (Lipinski definition) is 4. The minimum absolute atomic E-state index is 0.132. The van der Waals surface area contributed by atoms with Gasteiger partial charge in [-0.15, -0.1) is 0 Å². The molecule has 0 heterocycles. The first-order valence-corrected chi connectivity index (χ1v) is 4.89. The van der Waals surface area contributed by atoms with Crippen LogP contribution in [0.1, 0.15) is 0 Å². The van der Waals surface area contributed by atoms with Gasteiger partial charge in [0.15, 0.2) is 0 Å². The summed E-state index contributed by atoms with van der Waals surface area (Å²) >= 11 is 0. The SMILES string of the molecule is C=N/C(=C\C=N)N(C)S(C)(=O)=O. The van der Waals surface area contributed by atoms with Gasteiger partial charge in [-0.1, -0.05) is 0 Å². The van der Waals surface area contributed by atoms with E-state index in [0.29, 0.717) is 0 Å². The van der Waals surface area contributed by atoms with Crippen LogP contribution >= 0.6 is 0 Å². The van der Waals surface area contributed by atoms with Crippen molar-refractivity contribution in [1.29, 1.82) is 5.41 Å². The fraction of sp³-hybridized carbons (Fsp3) is 0.333. The maximum atomic E-state index is 10.9. The summed E-state index contributed by atoms with van der Waals surface area (Å²) in [7, 11) is -1.96. The Morgan fingerprint density at radius 2 is 2.17 bits per heavy atom. The maximum Gasteiger partial charge on any atom is 0.233 e. The molecule has 1 N–H and O–H groups in total. The number of aliphatic imine (C=N–C) groups is 1. The first-order valence-electron chi connectivity index (χ1n) is 3.05. The Balaban J connectivity index is 4.90. The third-order valence-electron chi connectivity index (χ3n) is 1.21. The number of allylic oxidation sites excluding steroid dienone is 1. The normalized spacial score (nSPS) is 12.3. The van der Waals surface area contributed by atoms with E-state index in [-0.39, 0.29) is 5.82 Å². The largest absolute Gasteiger partial charge is 0.309 e. The highest BCUT2D eigenvalue weighted by Crippen LogP contribution is 2.05. The average molecular weight is 189 g/mol. The summed E-state index contributed by atoms with van der Waals surface area (Å²) in [6.45, 7) is 3.19. The Labute approximate surface area is 72.0 Å². The van der Waals surface area contributed by atoms with Crippen molar-refractivity contribution in [1.82, 2.24) is 4.31 Å². The number of sulfonamides is 1. The van der Waals surface area contributed by atoms with Gasteiger partial charge >= 0.3 is 0 Å². The van der Waals surface area contributed by atoms with Gasteiger partial charge in [0.2, 0.25) is 10.0 Å². The summed E-state index contributed by atoms with van der Waals surface area (Å²) in [4.78, 5) is 3.45. The molecule has 12 heavy (non-hydrogen) atoms. The minimum atomic E-state index is -3.31. The van der Waals surface area contributed by atoms with Crippen LogP contribution in [-0.4, -0.2) is 39.0 Å².